The molecule has 0 aliphatic heterocycles. The molecule has 0 aromatic heterocycles. The quantitative estimate of drug-likeness (QED) is 0.306. The fourth-order valence-corrected chi connectivity index (χ4v) is 5.61. The molecule has 0 aliphatic carbocycles. The molecule has 0 radical (unpaired) electrons. The van der Waals surface area contributed by atoms with Gasteiger partial charge in [0, 0.05) is 18.7 Å². The summed E-state index contributed by atoms with van der Waals surface area (Å²) in [5.41, 5.74) is 1.88. The van der Waals surface area contributed by atoms with E-state index >= 15 is 0 Å². The summed E-state index contributed by atoms with van der Waals surface area (Å²) in [7, 11) is -1.57. The lowest BCUT2D eigenvalue weighted by Gasteiger charge is -2.32. The summed E-state index contributed by atoms with van der Waals surface area (Å²) < 4.78 is 53.3. The fourth-order valence-electron chi connectivity index (χ4n) is 4.18. The molecule has 3 aromatic carbocycles. The van der Waals surface area contributed by atoms with E-state index in [0.29, 0.717) is 12.2 Å². The van der Waals surface area contributed by atoms with E-state index in [0.717, 1.165) is 27.6 Å². The van der Waals surface area contributed by atoms with Crippen LogP contribution in [-0.2, 0) is 26.2 Å². The molecular formula is C31H38FN3O6S. The summed E-state index contributed by atoms with van der Waals surface area (Å²) in [5.74, 6) is -1.03. The molecule has 0 unspecified atom stereocenters. The number of nitrogens with zero attached hydrogens (tertiary/aromatic N) is 2. The third kappa shape index (κ3) is 7.79. The first kappa shape index (κ1) is 32.4. The standard InChI is InChI=1S/C31H38FN3O6S/c1-7-22(3)33-31(37)23(4)34(19-24-10-8-21(2)9-11-24)30(36)20-35(26-14-12-25(32)13-15-26)42(38,39)27-16-17-28(40-5)29(18-27)41-6/h8-18,22-23H,7,19-20H2,1-6H3,(H,33,37)/t22-,23-/m1/s1. The number of methoxy groups -OCH3 is 2. The van der Waals surface area contributed by atoms with Crippen LogP contribution in [0.3, 0.4) is 0 Å². The summed E-state index contributed by atoms with van der Waals surface area (Å²) in [4.78, 5) is 28.3. The summed E-state index contributed by atoms with van der Waals surface area (Å²) in [6.07, 6.45) is 0.701. The van der Waals surface area contributed by atoms with Crippen molar-refractivity contribution in [1.29, 1.82) is 0 Å². The summed E-state index contributed by atoms with van der Waals surface area (Å²) in [6.45, 7) is 6.77. The van der Waals surface area contributed by atoms with E-state index in [4.69, 9.17) is 9.47 Å². The zero-order valence-corrected chi connectivity index (χ0v) is 25.6. The van der Waals surface area contributed by atoms with Crippen molar-refractivity contribution in [2.75, 3.05) is 25.1 Å². The van der Waals surface area contributed by atoms with Crippen molar-refractivity contribution >= 4 is 27.5 Å². The number of anilines is 1. The first-order valence-electron chi connectivity index (χ1n) is 13.6. The smallest absolute Gasteiger partial charge is 0.264 e. The van der Waals surface area contributed by atoms with Gasteiger partial charge in [0.05, 0.1) is 24.8 Å². The number of hydrogen-bond acceptors (Lipinski definition) is 6. The van der Waals surface area contributed by atoms with Gasteiger partial charge in [0.1, 0.15) is 18.4 Å². The van der Waals surface area contributed by atoms with Crippen LogP contribution in [-0.4, -0.2) is 58.0 Å². The lowest BCUT2D eigenvalue weighted by molar-refractivity contribution is -0.139. The van der Waals surface area contributed by atoms with E-state index in [1.807, 2.05) is 45.0 Å². The zero-order valence-electron chi connectivity index (χ0n) is 24.8. The summed E-state index contributed by atoms with van der Waals surface area (Å²) >= 11 is 0. The summed E-state index contributed by atoms with van der Waals surface area (Å²) in [5, 5.41) is 2.90. The van der Waals surface area contributed by atoms with Crippen molar-refractivity contribution in [2.45, 2.75) is 57.6 Å². The highest BCUT2D eigenvalue weighted by Gasteiger charge is 2.33. The number of halogens is 1. The molecule has 0 saturated heterocycles. The van der Waals surface area contributed by atoms with E-state index < -0.39 is 34.3 Å². The highest BCUT2D eigenvalue weighted by Crippen LogP contribution is 2.32. The topological polar surface area (TPSA) is 105 Å². The van der Waals surface area contributed by atoms with Gasteiger partial charge in [0.25, 0.3) is 10.0 Å². The van der Waals surface area contributed by atoms with Gasteiger partial charge < -0.3 is 19.7 Å². The van der Waals surface area contributed by atoms with Crippen LogP contribution in [0.15, 0.2) is 71.6 Å². The maximum absolute atomic E-state index is 14.0. The monoisotopic (exact) mass is 599 g/mol. The van der Waals surface area contributed by atoms with Crippen molar-refractivity contribution in [3.05, 3.63) is 83.7 Å². The van der Waals surface area contributed by atoms with Crippen molar-refractivity contribution in [1.82, 2.24) is 10.2 Å². The Morgan fingerprint density at radius 3 is 2.12 bits per heavy atom. The molecule has 11 heteroatoms. The minimum Gasteiger partial charge on any atom is -0.493 e. The molecule has 0 aliphatic rings. The average Bonchev–Trinajstić information content (AvgIpc) is 2.98. The van der Waals surface area contributed by atoms with Gasteiger partial charge in [-0.1, -0.05) is 36.8 Å². The Hall–Kier alpha value is -4.12. The van der Waals surface area contributed by atoms with E-state index in [1.165, 1.54) is 49.5 Å². The van der Waals surface area contributed by atoms with Gasteiger partial charge in [0.2, 0.25) is 11.8 Å². The molecule has 0 bridgehead atoms. The number of benzene rings is 3. The number of hydrogen-bond donors (Lipinski definition) is 1. The molecule has 0 heterocycles. The normalized spacial score (nSPS) is 12.6. The fraction of sp³-hybridized carbons (Fsp3) is 0.355. The van der Waals surface area contributed by atoms with Gasteiger partial charge >= 0.3 is 0 Å². The van der Waals surface area contributed by atoms with Crippen LogP contribution in [0.4, 0.5) is 10.1 Å². The number of sulfonamides is 1. The predicted molar refractivity (Wildman–Crippen MR) is 160 cm³/mol. The molecular weight excluding hydrogens is 561 g/mol. The maximum atomic E-state index is 14.0. The van der Waals surface area contributed by atoms with Crippen LogP contribution in [0.2, 0.25) is 0 Å². The second kappa shape index (κ2) is 14.2. The number of nitrogens with one attached hydrogen (secondary N) is 1. The average molecular weight is 600 g/mol. The van der Waals surface area contributed by atoms with Crippen LogP contribution in [0.1, 0.15) is 38.3 Å². The minimum atomic E-state index is -4.37. The number of carbonyl (C=O) groups excluding carboxylic acids is 2. The van der Waals surface area contributed by atoms with Gasteiger partial charge in [-0.2, -0.15) is 0 Å². The third-order valence-corrected chi connectivity index (χ3v) is 8.75. The van der Waals surface area contributed by atoms with Crippen molar-refractivity contribution in [3.63, 3.8) is 0 Å². The number of amides is 2. The van der Waals surface area contributed by atoms with E-state index in [2.05, 4.69) is 5.32 Å². The molecule has 0 spiro atoms. The van der Waals surface area contributed by atoms with Crippen LogP contribution in [0, 0.1) is 12.7 Å². The Morgan fingerprint density at radius 2 is 1.55 bits per heavy atom. The van der Waals surface area contributed by atoms with Crippen LogP contribution >= 0.6 is 0 Å². The molecule has 9 nitrogen and oxygen atoms in total. The van der Waals surface area contributed by atoms with E-state index in [-0.39, 0.29) is 34.8 Å². The molecule has 2 amide bonds. The lowest BCUT2D eigenvalue weighted by atomic mass is 10.1. The van der Waals surface area contributed by atoms with Crippen LogP contribution in [0.25, 0.3) is 0 Å². The van der Waals surface area contributed by atoms with E-state index in [1.54, 1.807) is 6.92 Å². The van der Waals surface area contributed by atoms with Gasteiger partial charge in [-0.3, -0.25) is 13.9 Å². The predicted octanol–water partition coefficient (Wildman–Crippen LogP) is 4.68. The van der Waals surface area contributed by atoms with Crippen LogP contribution < -0.4 is 19.1 Å². The Morgan fingerprint density at radius 1 is 0.929 bits per heavy atom. The first-order chi connectivity index (χ1) is 19.9. The second-order valence-corrected chi connectivity index (χ2v) is 11.9. The van der Waals surface area contributed by atoms with Crippen LogP contribution in [0.5, 0.6) is 11.5 Å². The first-order valence-corrected chi connectivity index (χ1v) is 15.0. The van der Waals surface area contributed by atoms with Gasteiger partial charge in [0.15, 0.2) is 11.5 Å². The molecule has 2 atom stereocenters. The summed E-state index contributed by atoms with van der Waals surface area (Å²) in [6, 6.07) is 15.3. The Balaban J connectivity index is 2.06. The number of aryl methyl sites for hydroxylation is 1. The highest BCUT2D eigenvalue weighted by molar-refractivity contribution is 7.92. The molecule has 42 heavy (non-hydrogen) atoms. The van der Waals surface area contributed by atoms with Crippen molar-refractivity contribution < 1.29 is 31.9 Å². The molecule has 0 saturated carbocycles. The van der Waals surface area contributed by atoms with Gasteiger partial charge in [-0.05, 0) is 69.2 Å². The number of carbonyl (C=O) groups is 2. The Kier molecular flexibility index (Phi) is 10.9. The number of ether oxygens (including phenoxy) is 2. The Bertz CT molecular complexity index is 1480. The highest BCUT2D eigenvalue weighted by atomic mass is 32.2. The van der Waals surface area contributed by atoms with Gasteiger partial charge in [-0.25, -0.2) is 12.8 Å². The molecule has 226 valence electrons. The number of rotatable bonds is 13. The molecule has 0 fully saturated rings. The van der Waals surface area contributed by atoms with Crippen molar-refractivity contribution in [3.8, 4) is 11.5 Å². The minimum absolute atomic E-state index is 0.0713. The molecule has 3 rings (SSSR count). The zero-order chi connectivity index (χ0) is 31.0. The molecule has 1 N–H and O–H groups in total. The third-order valence-electron chi connectivity index (χ3n) is 6.98. The van der Waals surface area contributed by atoms with Gasteiger partial charge in [-0.15, -0.1) is 0 Å². The Labute approximate surface area is 247 Å². The molecule has 3 aromatic rings. The second-order valence-electron chi connectivity index (χ2n) is 10.0. The lowest BCUT2D eigenvalue weighted by Crippen LogP contribution is -2.52. The van der Waals surface area contributed by atoms with E-state index in [9.17, 15) is 22.4 Å². The maximum Gasteiger partial charge on any atom is 0.264 e. The SMILES string of the molecule is CC[C@@H](C)NC(=O)[C@@H](C)N(Cc1ccc(C)cc1)C(=O)CN(c1ccc(F)cc1)S(=O)(=O)c1ccc(OC)c(OC)c1. The van der Waals surface area contributed by atoms with Crippen molar-refractivity contribution in [2.24, 2.45) is 0 Å². The largest absolute Gasteiger partial charge is 0.493 e.